The summed E-state index contributed by atoms with van der Waals surface area (Å²) in [5, 5.41) is 20.6. The van der Waals surface area contributed by atoms with Crippen LogP contribution in [0.5, 0.6) is 0 Å². The molecule has 0 spiro atoms. The van der Waals surface area contributed by atoms with Crippen molar-refractivity contribution in [3.8, 4) is 6.07 Å². The molecule has 26 heavy (non-hydrogen) atoms. The number of halogens is 1. The van der Waals surface area contributed by atoms with Gasteiger partial charge in [-0.05, 0) is 26.8 Å². The number of morpholine rings is 1. The Balaban J connectivity index is 1.92. The van der Waals surface area contributed by atoms with Crippen molar-refractivity contribution in [3.63, 3.8) is 0 Å². The van der Waals surface area contributed by atoms with Crippen LogP contribution in [0.1, 0.15) is 44.7 Å². The van der Waals surface area contributed by atoms with Crippen LogP contribution < -0.4 is 0 Å². The van der Waals surface area contributed by atoms with Gasteiger partial charge in [-0.3, -0.25) is 4.90 Å². The number of aliphatic hydroxyl groups is 1. The molecule has 2 atom stereocenters. The molecule has 7 heteroatoms. The summed E-state index contributed by atoms with van der Waals surface area (Å²) < 4.78 is 25.1. The van der Waals surface area contributed by atoms with Crippen molar-refractivity contribution in [1.29, 1.82) is 5.26 Å². The Bertz CT molecular complexity index is 739. The molecule has 1 N–H and O–H groups in total. The summed E-state index contributed by atoms with van der Waals surface area (Å²) in [4.78, 5) is 14.2. The monoisotopic (exact) mass is 362 g/mol. The van der Waals surface area contributed by atoms with Gasteiger partial charge in [0.25, 0.3) is 0 Å². The van der Waals surface area contributed by atoms with E-state index in [4.69, 9.17) is 9.47 Å². The first-order chi connectivity index (χ1) is 12.1. The van der Waals surface area contributed by atoms with Crippen LogP contribution in [0, 0.1) is 17.1 Å². The van der Waals surface area contributed by atoms with Gasteiger partial charge < -0.3 is 14.6 Å². The molecule has 2 fully saturated rings. The summed E-state index contributed by atoms with van der Waals surface area (Å²) in [6, 6.07) is 5.29. The lowest BCUT2D eigenvalue weighted by Gasteiger charge is -2.51. The minimum atomic E-state index is -1.40. The number of nitriles is 1. The normalized spacial score (nSPS) is 28.4. The van der Waals surface area contributed by atoms with Gasteiger partial charge in [0.05, 0.1) is 36.5 Å². The molecule has 2 unspecified atom stereocenters. The van der Waals surface area contributed by atoms with E-state index in [2.05, 4.69) is 0 Å². The van der Waals surface area contributed by atoms with Crippen molar-refractivity contribution in [1.82, 2.24) is 4.90 Å². The lowest BCUT2D eigenvalue weighted by atomic mass is 9.75. The lowest BCUT2D eigenvalue weighted by Crippen LogP contribution is -2.63. The molecule has 1 aromatic rings. The van der Waals surface area contributed by atoms with E-state index in [-0.39, 0.29) is 37.2 Å². The van der Waals surface area contributed by atoms with E-state index in [1.54, 1.807) is 31.7 Å². The summed E-state index contributed by atoms with van der Waals surface area (Å²) in [5.41, 5.74) is -1.91. The van der Waals surface area contributed by atoms with E-state index in [9.17, 15) is 19.6 Å². The van der Waals surface area contributed by atoms with Crippen LogP contribution >= 0.6 is 0 Å². The highest BCUT2D eigenvalue weighted by molar-refractivity contribution is 5.69. The maximum atomic E-state index is 14.0. The van der Waals surface area contributed by atoms with Gasteiger partial charge in [0, 0.05) is 18.4 Å². The molecule has 6 nitrogen and oxygen atoms in total. The van der Waals surface area contributed by atoms with Gasteiger partial charge in [-0.2, -0.15) is 5.26 Å². The molecule has 2 saturated heterocycles. The molecule has 2 aliphatic rings. The van der Waals surface area contributed by atoms with Crippen molar-refractivity contribution in [3.05, 3.63) is 35.1 Å². The number of hydrogen-bond acceptors (Lipinski definition) is 5. The van der Waals surface area contributed by atoms with E-state index in [0.717, 1.165) is 0 Å². The topological polar surface area (TPSA) is 82.8 Å². The maximum absolute atomic E-state index is 14.0. The zero-order chi connectivity index (χ0) is 19.1. The Labute approximate surface area is 152 Å². The Morgan fingerprint density at radius 3 is 2.54 bits per heavy atom. The highest BCUT2D eigenvalue weighted by Gasteiger charge is 2.50. The van der Waals surface area contributed by atoms with Crippen molar-refractivity contribution in [2.24, 2.45) is 0 Å². The molecular weight excluding hydrogens is 339 g/mol. The van der Waals surface area contributed by atoms with Crippen molar-refractivity contribution in [2.75, 3.05) is 13.2 Å². The third-order valence-electron chi connectivity index (χ3n) is 4.78. The van der Waals surface area contributed by atoms with Gasteiger partial charge in [-0.25, -0.2) is 9.18 Å². The standard InChI is InChI=1S/C19H23FN2O4/c1-18(2,3)26-17(23)22-12-7-19(24,8-13(22)11-25-10-12)15-5-4-6-16(20)14(15)9-21/h4-6,12-13,24H,7-8,10-11H2,1-3H3. The van der Waals surface area contributed by atoms with Crippen LogP contribution in [0.15, 0.2) is 18.2 Å². The number of hydrogen-bond donors (Lipinski definition) is 1. The van der Waals surface area contributed by atoms with Gasteiger partial charge in [0.2, 0.25) is 0 Å². The Hall–Kier alpha value is -2.17. The second-order valence-electron chi connectivity index (χ2n) is 7.95. The average molecular weight is 362 g/mol. The van der Waals surface area contributed by atoms with Gasteiger partial charge in [0.1, 0.15) is 17.5 Å². The zero-order valence-electron chi connectivity index (χ0n) is 15.2. The van der Waals surface area contributed by atoms with Crippen LogP contribution in [0.3, 0.4) is 0 Å². The molecule has 0 saturated carbocycles. The second-order valence-corrected chi connectivity index (χ2v) is 7.95. The molecule has 2 bridgehead atoms. The Morgan fingerprint density at radius 1 is 1.38 bits per heavy atom. The quantitative estimate of drug-likeness (QED) is 0.830. The van der Waals surface area contributed by atoms with E-state index in [0.29, 0.717) is 0 Å². The Morgan fingerprint density at radius 2 is 2.00 bits per heavy atom. The number of carbonyl (C=O) groups excluding carboxylic acids is 1. The minimum Gasteiger partial charge on any atom is -0.444 e. The zero-order valence-corrected chi connectivity index (χ0v) is 15.2. The summed E-state index contributed by atoms with van der Waals surface area (Å²) in [6.45, 7) is 5.90. The third-order valence-corrected chi connectivity index (χ3v) is 4.78. The predicted octanol–water partition coefficient (Wildman–Crippen LogP) is 2.68. The molecule has 2 aliphatic heterocycles. The first-order valence-corrected chi connectivity index (χ1v) is 8.65. The predicted molar refractivity (Wildman–Crippen MR) is 90.7 cm³/mol. The first kappa shape index (κ1) is 18.6. The van der Waals surface area contributed by atoms with Crippen molar-refractivity contribution >= 4 is 6.09 Å². The van der Waals surface area contributed by atoms with Crippen LogP contribution in [-0.2, 0) is 15.1 Å². The van der Waals surface area contributed by atoms with Gasteiger partial charge in [-0.15, -0.1) is 0 Å². The molecule has 3 rings (SSSR count). The van der Waals surface area contributed by atoms with Crippen molar-refractivity contribution < 1.29 is 23.8 Å². The van der Waals surface area contributed by atoms with Gasteiger partial charge >= 0.3 is 6.09 Å². The highest BCUT2D eigenvalue weighted by atomic mass is 19.1. The number of nitrogens with zero attached hydrogens (tertiary/aromatic N) is 2. The molecule has 0 radical (unpaired) electrons. The third kappa shape index (κ3) is 3.39. The number of rotatable bonds is 1. The Kier molecular flexibility index (Phi) is 4.67. The fourth-order valence-electron chi connectivity index (χ4n) is 3.83. The van der Waals surface area contributed by atoms with Gasteiger partial charge in [-0.1, -0.05) is 12.1 Å². The summed E-state index contributed by atoms with van der Waals surface area (Å²) in [7, 11) is 0. The molecule has 1 amide bonds. The smallest absolute Gasteiger partial charge is 0.410 e. The fraction of sp³-hybridized carbons (Fsp3) is 0.579. The van der Waals surface area contributed by atoms with Crippen LogP contribution in [0.25, 0.3) is 0 Å². The van der Waals surface area contributed by atoms with E-state index in [1.807, 2.05) is 6.07 Å². The number of carbonyl (C=O) groups is 1. The van der Waals surface area contributed by atoms with Crippen LogP contribution in [0.4, 0.5) is 9.18 Å². The fourth-order valence-corrected chi connectivity index (χ4v) is 3.83. The van der Waals surface area contributed by atoms with E-state index >= 15 is 0 Å². The van der Waals surface area contributed by atoms with Crippen LogP contribution in [0.2, 0.25) is 0 Å². The molecule has 1 aromatic carbocycles. The van der Waals surface area contributed by atoms with Crippen LogP contribution in [-0.4, -0.2) is 47.0 Å². The maximum Gasteiger partial charge on any atom is 0.410 e. The molecule has 2 heterocycles. The lowest BCUT2D eigenvalue weighted by molar-refractivity contribution is -0.141. The van der Waals surface area contributed by atoms with Crippen molar-refractivity contribution in [2.45, 2.75) is 56.9 Å². The van der Waals surface area contributed by atoms with E-state index < -0.39 is 35.2 Å². The summed E-state index contributed by atoms with van der Waals surface area (Å²) in [5.74, 6) is -0.658. The number of ether oxygens (including phenoxy) is 2. The largest absolute Gasteiger partial charge is 0.444 e. The summed E-state index contributed by atoms with van der Waals surface area (Å²) >= 11 is 0. The molecule has 0 aromatic heterocycles. The number of piperidine rings is 1. The molecule has 0 aliphatic carbocycles. The summed E-state index contributed by atoms with van der Waals surface area (Å²) in [6.07, 6.45) is -0.139. The molecular formula is C19H23FN2O4. The first-order valence-electron chi connectivity index (χ1n) is 8.65. The highest BCUT2D eigenvalue weighted by Crippen LogP contribution is 2.42. The average Bonchev–Trinajstić information content (AvgIpc) is 2.52. The number of benzene rings is 1. The van der Waals surface area contributed by atoms with E-state index in [1.165, 1.54) is 12.1 Å². The molecule has 140 valence electrons. The SMILES string of the molecule is CC(C)(C)OC(=O)N1C2COCC1CC(O)(c1cccc(F)c1C#N)C2. The second kappa shape index (κ2) is 6.53. The minimum absolute atomic E-state index is 0.153. The number of fused-ring (bicyclic) bond motifs is 2. The number of amides is 1. The van der Waals surface area contributed by atoms with Gasteiger partial charge in [0.15, 0.2) is 0 Å².